The van der Waals surface area contributed by atoms with E-state index in [4.69, 9.17) is 0 Å². The second-order valence-electron chi connectivity index (χ2n) is 2.87. The van der Waals surface area contributed by atoms with Crippen molar-refractivity contribution in [3.63, 3.8) is 0 Å². The molecule has 1 heterocycles. The molecule has 4 heteroatoms. The Labute approximate surface area is 89.2 Å². The van der Waals surface area contributed by atoms with Crippen LogP contribution in [0.1, 0.15) is 10.9 Å². The van der Waals surface area contributed by atoms with E-state index in [1.807, 2.05) is 6.07 Å². The molecule has 0 amide bonds. The zero-order chi connectivity index (χ0) is 9.26. The summed E-state index contributed by atoms with van der Waals surface area (Å²) in [5.41, 5.74) is 0.747. The van der Waals surface area contributed by atoms with E-state index in [1.54, 1.807) is 17.8 Å². The minimum atomic E-state index is -0.130. The lowest BCUT2D eigenvalue weighted by molar-refractivity contribution is 0.595. The van der Waals surface area contributed by atoms with Crippen LogP contribution in [-0.4, -0.2) is 12.3 Å². The molecule has 0 bridgehead atoms. The first-order chi connectivity index (χ1) is 6.27. The molecule has 1 unspecified atom stereocenters. The molecule has 1 aromatic carbocycles. The predicted molar refractivity (Wildman–Crippen MR) is 57.3 cm³/mol. The molecule has 0 aliphatic carbocycles. The molecule has 0 spiro atoms. The van der Waals surface area contributed by atoms with Crippen molar-refractivity contribution in [3.8, 4) is 0 Å². The van der Waals surface area contributed by atoms with E-state index in [2.05, 4.69) is 21.2 Å². The highest BCUT2D eigenvalue weighted by molar-refractivity contribution is 9.10. The van der Waals surface area contributed by atoms with Crippen molar-refractivity contribution in [2.75, 3.05) is 12.3 Å². The van der Waals surface area contributed by atoms with Gasteiger partial charge in [-0.15, -0.1) is 11.8 Å². The van der Waals surface area contributed by atoms with E-state index in [0.717, 1.165) is 22.3 Å². The first kappa shape index (κ1) is 9.49. The number of nitrogens with one attached hydrogen (secondary N) is 1. The first-order valence-electron chi connectivity index (χ1n) is 4.07. The summed E-state index contributed by atoms with van der Waals surface area (Å²) in [6.45, 7) is 0.960. The second kappa shape index (κ2) is 3.98. The number of halogens is 2. The molecule has 1 nitrogen and oxygen atoms in total. The van der Waals surface area contributed by atoms with Crippen molar-refractivity contribution in [3.05, 3.63) is 34.1 Å². The van der Waals surface area contributed by atoms with Gasteiger partial charge in [-0.05, 0) is 18.2 Å². The summed E-state index contributed by atoms with van der Waals surface area (Å²) in [4.78, 5) is 0. The third-order valence-electron chi connectivity index (χ3n) is 1.96. The highest BCUT2D eigenvalue weighted by Gasteiger charge is 2.19. The summed E-state index contributed by atoms with van der Waals surface area (Å²) < 4.78 is 14.3. The molecule has 1 aliphatic rings. The molecule has 1 aromatic rings. The van der Waals surface area contributed by atoms with Crippen LogP contribution in [0.2, 0.25) is 0 Å². The Kier molecular flexibility index (Phi) is 2.91. The van der Waals surface area contributed by atoms with Crippen LogP contribution in [0.3, 0.4) is 0 Å². The number of benzene rings is 1. The maximum Gasteiger partial charge on any atom is 0.128 e. The van der Waals surface area contributed by atoms with Crippen molar-refractivity contribution in [1.82, 2.24) is 5.32 Å². The highest BCUT2D eigenvalue weighted by atomic mass is 79.9. The molecule has 70 valence electrons. The predicted octanol–water partition coefficient (Wildman–Crippen LogP) is 2.92. The van der Waals surface area contributed by atoms with Gasteiger partial charge >= 0.3 is 0 Å². The lowest BCUT2D eigenvalue weighted by atomic mass is 10.2. The summed E-state index contributed by atoms with van der Waals surface area (Å²) in [6, 6.07) is 5.06. The molecule has 0 aromatic heterocycles. The van der Waals surface area contributed by atoms with Gasteiger partial charge in [-0.25, -0.2) is 4.39 Å². The quantitative estimate of drug-likeness (QED) is 0.835. The van der Waals surface area contributed by atoms with Crippen molar-refractivity contribution in [2.45, 2.75) is 5.37 Å². The number of hydrogen-bond donors (Lipinski definition) is 1. The summed E-state index contributed by atoms with van der Waals surface area (Å²) in [6.07, 6.45) is 0. The van der Waals surface area contributed by atoms with E-state index in [0.29, 0.717) is 0 Å². The van der Waals surface area contributed by atoms with Crippen molar-refractivity contribution in [1.29, 1.82) is 0 Å². The minimum absolute atomic E-state index is 0.123. The standard InChI is InChI=1S/C9H9BrFNS/c10-6-1-2-8(11)7(5-6)9-12-3-4-13-9/h1-2,5,9,12H,3-4H2. The smallest absolute Gasteiger partial charge is 0.128 e. The lowest BCUT2D eigenvalue weighted by Gasteiger charge is -2.10. The van der Waals surface area contributed by atoms with Gasteiger partial charge in [-0.3, -0.25) is 0 Å². The maximum atomic E-state index is 13.3. The molecular formula is C9H9BrFNS. The van der Waals surface area contributed by atoms with E-state index in [9.17, 15) is 4.39 Å². The van der Waals surface area contributed by atoms with Gasteiger partial charge in [0.15, 0.2) is 0 Å². The van der Waals surface area contributed by atoms with E-state index < -0.39 is 0 Å². The SMILES string of the molecule is Fc1ccc(Br)cc1C1NCCS1. The maximum absolute atomic E-state index is 13.3. The highest BCUT2D eigenvalue weighted by Crippen LogP contribution is 2.32. The normalized spacial score (nSPS) is 22.2. The van der Waals surface area contributed by atoms with Crippen LogP contribution < -0.4 is 5.32 Å². The van der Waals surface area contributed by atoms with E-state index in [-0.39, 0.29) is 11.2 Å². The summed E-state index contributed by atoms with van der Waals surface area (Å²) in [5.74, 6) is 0.923. The number of hydrogen-bond acceptors (Lipinski definition) is 2. The van der Waals surface area contributed by atoms with Crippen molar-refractivity contribution in [2.24, 2.45) is 0 Å². The van der Waals surface area contributed by atoms with E-state index >= 15 is 0 Å². The van der Waals surface area contributed by atoms with Gasteiger partial charge < -0.3 is 5.32 Å². The first-order valence-corrected chi connectivity index (χ1v) is 5.91. The van der Waals surface area contributed by atoms with Gasteiger partial charge in [0.05, 0.1) is 5.37 Å². The molecule has 1 fully saturated rings. The van der Waals surface area contributed by atoms with Crippen LogP contribution in [0.25, 0.3) is 0 Å². The Morgan fingerprint density at radius 1 is 1.54 bits per heavy atom. The molecule has 1 atom stereocenters. The average Bonchev–Trinajstić information content (AvgIpc) is 2.61. The summed E-state index contributed by atoms with van der Waals surface area (Å²) in [5, 5.41) is 3.37. The Morgan fingerprint density at radius 2 is 2.38 bits per heavy atom. The van der Waals surface area contributed by atoms with Crippen LogP contribution in [0.15, 0.2) is 22.7 Å². The van der Waals surface area contributed by atoms with Gasteiger partial charge in [-0.2, -0.15) is 0 Å². The minimum Gasteiger partial charge on any atom is -0.301 e. The molecular weight excluding hydrogens is 253 g/mol. The van der Waals surface area contributed by atoms with Crippen LogP contribution in [-0.2, 0) is 0 Å². The molecule has 0 radical (unpaired) electrons. The molecule has 1 aliphatic heterocycles. The van der Waals surface area contributed by atoms with Crippen LogP contribution in [0.5, 0.6) is 0 Å². The largest absolute Gasteiger partial charge is 0.301 e. The molecule has 1 saturated heterocycles. The molecule has 1 N–H and O–H groups in total. The average molecular weight is 262 g/mol. The van der Waals surface area contributed by atoms with Gasteiger partial charge in [-0.1, -0.05) is 15.9 Å². The van der Waals surface area contributed by atoms with Crippen LogP contribution >= 0.6 is 27.7 Å². The molecule has 0 saturated carbocycles. The fraction of sp³-hybridized carbons (Fsp3) is 0.333. The van der Waals surface area contributed by atoms with Crippen molar-refractivity contribution < 1.29 is 4.39 Å². The Morgan fingerprint density at radius 3 is 3.08 bits per heavy atom. The Balaban J connectivity index is 2.32. The van der Waals surface area contributed by atoms with Gasteiger partial charge in [0.25, 0.3) is 0 Å². The fourth-order valence-electron chi connectivity index (χ4n) is 1.34. The number of thioether (sulfide) groups is 1. The summed E-state index contributed by atoms with van der Waals surface area (Å²) >= 11 is 5.09. The molecule has 13 heavy (non-hydrogen) atoms. The van der Waals surface area contributed by atoms with Crippen LogP contribution in [0, 0.1) is 5.82 Å². The lowest BCUT2D eigenvalue weighted by Crippen LogP contribution is -2.13. The zero-order valence-electron chi connectivity index (χ0n) is 6.89. The van der Waals surface area contributed by atoms with Crippen LogP contribution in [0.4, 0.5) is 4.39 Å². The topological polar surface area (TPSA) is 12.0 Å². The van der Waals surface area contributed by atoms with Crippen molar-refractivity contribution >= 4 is 27.7 Å². The summed E-state index contributed by atoms with van der Waals surface area (Å²) in [7, 11) is 0. The van der Waals surface area contributed by atoms with Gasteiger partial charge in [0.2, 0.25) is 0 Å². The monoisotopic (exact) mass is 261 g/mol. The zero-order valence-corrected chi connectivity index (χ0v) is 9.29. The number of rotatable bonds is 1. The second-order valence-corrected chi connectivity index (χ2v) is 5.00. The third-order valence-corrected chi connectivity index (χ3v) is 3.64. The van der Waals surface area contributed by atoms with Gasteiger partial charge in [0.1, 0.15) is 5.82 Å². The fourth-order valence-corrected chi connectivity index (χ4v) is 2.79. The molecule has 2 rings (SSSR count). The Hall–Kier alpha value is -0.0600. The Bertz CT molecular complexity index is 312. The van der Waals surface area contributed by atoms with E-state index in [1.165, 1.54) is 6.07 Å². The third kappa shape index (κ3) is 2.06. The van der Waals surface area contributed by atoms with Gasteiger partial charge in [0, 0.05) is 22.3 Å².